The molecule has 1 aromatic heterocycles. The molecule has 19 heteroatoms. The van der Waals surface area contributed by atoms with Gasteiger partial charge in [0.05, 0.1) is 43.7 Å². The summed E-state index contributed by atoms with van der Waals surface area (Å²) in [4.78, 5) is 95.8. The van der Waals surface area contributed by atoms with E-state index in [1.54, 1.807) is 18.3 Å². The Morgan fingerprint density at radius 3 is 2.15 bits per heavy atom. The molecule has 0 spiro atoms. The highest BCUT2D eigenvalue weighted by Gasteiger charge is 2.30. The number of carboxylic acid groups (broad SMARTS) is 4. The van der Waals surface area contributed by atoms with Crippen LogP contribution in [0.1, 0.15) is 53.8 Å². The number of carbonyl (C=O) groups excluding carboxylic acids is 3. The summed E-state index contributed by atoms with van der Waals surface area (Å²) in [6, 6.07) is 2.70. The number of carboxylic acids is 4. The van der Waals surface area contributed by atoms with Crippen LogP contribution < -0.4 is 27.0 Å². The minimum atomic E-state index is -1.86. The fraction of sp³-hybridized carbons (Fsp3) is 0.357. The van der Waals surface area contributed by atoms with Gasteiger partial charge < -0.3 is 47.4 Å². The van der Waals surface area contributed by atoms with Gasteiger partial charge in [0, 0.05) is 24.1 Å². The van der Waals surface area contributed by atoms with Crippen LogP contribution in [0, 0.1) is 5.92 Å². The molecule has 1 aromatic carbocycles. The van der Waals surface area contributed by atoms with E-state index in [1.807, 2.05) is 5.32 Å². The zero-order chi connectivity index (χ0) is 34.7. The number of nitrogens with zero attached hydrogens (tertiary/aromatic N) is 3. The van der Waals surface area contributed by atoms with Crippen LogP contribution in [0.25, 0.3) is 0 Å². The van der Waals surface area contributed by atoms with Crippen LogP contribution in [0.4, 0.5) is 11.5 Å². The van der Waals surface area contributed by atoms with Crippen molar-refractivity contribution in [3.05, 3.63) is 47.4 Å². The zero-order valence-electron chi connectivity index (χ0n) is 24.6. The summed E-state index contributed by atoms with van der Waals surface area (Å²) in [6.45, 7) is 0.593. The van der Waals surface area contributed by atoms with Crippen molar-refractivity contribution in [2.24, 2.45) is 16.6 Å². The first-order valence-corrected chi connectivity index (χ1v) is 14.0. The molecule has 0 saturated heterocycles. The lowest BCUT2D eigenvalue weighted by Gasteiger charge is -2.19. The molecule has 0 bridgehead atoms. The van der Waals surface area contributed by atoms with Gasteiger partial charge in [-0.15, -0.1) is 0 Å². The van der Waals surface area contributed by atoms with Crippen molar-refractivity contribution < 1.29 is 54.0 Å². The molecule has 2 amide bonds. The molecule has 0 saturated carbocycles. The molecule has 0 unspecified atom stereocenters. The molecular formula is C28H32N8O11. The number of fused-ring (bicyclic) bond motifs is 1. The molecule has 0 aliphatic carbocycles. The van der Waals surface area contributed by atoms with Gasteiger partial charge in [-0.2, -0.15) is 0 Å². The number of nitrogens with one attached hydrogen (secondary N) is 4. The normalized spacial score (nSPS) is 13.7. The zero-order valence-corrected chi connectivity index (χ0v) is 24.6. The number of amides is 2. The second-order valence-corrected chi connectivity index (χ2v) is 10.4. The number of hydrogen-bond acceptors (Lipinski definition) is 13. The van der Waals surface area contributed by atoms with E-state index >= 15 is 0 Å². The third kappa shape index (κ3) is 11.1. The third-order valence-electron chi connectivity index (χ3n) is 6.74. The van der Waals surface area contributed by atoms with Gasteiger partial charge in [-0.3, -0.25) is 24.0 Å². The Kier molecular flexibility index (Phi) is 12.2. The summed E-state index contributed by atoms with van der Waals surface area (Å²) in [5.41, 5.74) is 7.63. The topological polar surface area (TPSA) is 313 Å². The maximum Gasteiger partial charge on any atom is 0.326 e. The summed E-state index contributed by atoms with van der Waals surface area (Å²) in [5.74, 6) is -9.55. The van der Waals surface area contributed by atoms with Crippen LogP contribution in [-0.2, 0) is 41.9 Å². The Morgan fingerprint density at radius 1 is 0.872 bits per heavy atom. The number of guanidine groups is 1. The van der Waals surface area contributed by atoms with E-state index in [9.17, 15) is 38.7 Å². The summed E-state index contributed by atoms with van der Waals surface area (Å²) in [6.07, 6.45) is -1.85. The first-order valence-electron chi connectivity index (χ1n) is 14.0. The number of aliphatic carboxylic acids is 4. The minimum absolute atomic E-state index is 0.121. The van der Waals surface area contributed by atoms with Gasteiger partial charge in [-0.25, -0.2) is 24.5 Å². The maximum absolute atomic E-state index is 12.7. The number of anilines is 2. The molecule has 2 heterocycles. The average Bonchev–Trinajstić information content (AvgIpc) is 3.00. The largest absolute Gasteiger partial charge is 0.481 e. The van der Waals surface area contributed by atoms with Gasteiger partial charge in [0.1, 0.15) is 23.6 Å². The third-order valence-corrected chi connectivity index (χ3v) is 6.74. The van der Waals surface area contributed by atoms with Crippen molar-refractivity contribution in [2.75, 3.05) is 10.6 Å². The Balaban J connectivity index is 1.53. The van der Waals surface area contributed by atoms with Crippen molar-refractivity contribution in [3.8, 4) is 0 Å². The first kappa shape index (κ1) is 35.3. The number of carbonyl (C=O) groups is 7. The van der Waals surface area contributed by atoms with Gasteiger partial charge in [0.25, 0.3) is 5.91 Å². The van der Waals surface area contributed by atoms with Crippen molar-refractivity contribution in [3.63, 3.8) is 0 Å². The summed E-state index contributed by atoms with van der Waals surface area (Å²) in [5, 5.41) is 46.8. The minimum Gasteiger partial charge on any atom is -0.481 e. The molecule has 0 fully saturated rings. The van der Waals surface area contributed by atoms with Crippen LogP contribution in [0.15, 0.2) is 35.5 Å². The van der Waals surface area contributed by atoms with Crippen LogP contribution in [-0.4, -0.2) is 89.9 Å². The van der Waals surface area contributed by atoms with Crippen LogP contribution in [0.5, 0.6) is 0 Å². The highest BCUT2D eigenvalue weighted by Crippen LogP contribution is 2.17. The smallest absolute Gasteiger partial charge is 0.326 e. The number of hydrogen-bond donors (Lipinski definition) is 9. The summed E-state index contributed by atoms with van der Waals surface area (Å²) in [7, 11) is 0. The molecule has 3 rings (SSSR count). The molecule has 19 nitrogen and oxygen atoms in total. The van der Waals surface area contributed by atoms with E-state index < -0.39 is 91.6 Å². The number of Topliss-reactive ketones (excluding diaryl/α,β-unsaturated/α-hetero) is 1. The Labute approximate surface area is 265 Å². The molecule has 47 heavy (non-hydrogen) atoms. The highest BCUT2D eigenvalue weighted by molar-refractivity contribution is 5.97. The highest BCUT2D eigenvalue weighted by atomic mass is 16.4. The SMILES string of the molecule is NC1=NCc2nc(CNc3ccc(C(=O)N[C@@H](CCC(=O)C[C@H](CC(=O)O)C(=O)N[C@H](CC(=O)O)C(=O)O)C(=O)O)cc3)cnc2N1. The fourth-order valence-corrected chi connectivity index (χ4v) is 4.34. The predicted octanol–water partition coefficient (Wildman–Crippen LogP) is -0.614. The lowest BCUT2D eigenvalue weighted by molar-refractivity contribution is -0.148. The quantitative estimate of drug-likeness (QED) is 0.0965. The molecule has 10 N–H and O–H groups in total. The number of nitrogens with two attached hydrogens (primary N) is 1. The average molecular weight is 657 g/mol. The Morgan fingerprint density at radius 2 is 1.53 bits per heavy atom. The first-order chi connectivity index (χ1) is 22.2. The molecular weight excluding hydrogens is 624 g/mol. The van der Waals surface area contributed by atoms with Gasteiger partial charge in [-0.1, -0.05) is 0 Å². The van der Waals surface area contributed by atoms with Crippen LogP contribution in [0.3, 0.4) is 0 Å². The van der Waals surface area contributed by atoms with Crippen molar-refractivity contribution in [1.29, 1.82) is 0 Å². The fourth-order valence-electron chi connectivity index (χ4n) is 4.34. The van der Waals surface area contributed by atoms with E-state index in [0.717, 1.165) is 0 Å². The van der Waals surface area contributed by atoms with Crippen LogP contribution >= 0.6 is 0 Å². The van der Waals surface area contributed by atoms with Gasteiger partial charge in [0.2, 0.25) is 5.91 Å². The molecule has 1 aliphatic rings. The van der Waals surface area contributed by atoms with Gasteiger partial charge >= 0.3 is 23.9 Å². The predicted molar refractivity (Wildman–Crippen MR) is 160 cm³/mol. The van der Waals surface area contributed by atoms with E-state index in [-0.39, 0.29) is 18.1 Å². The Bertz CT molecular complexity index is 1580. The molecule has 2 aromatic rings. The molecule has 250 valence electrons. The Hall–Kier alpha value is -6.14. The molecule has 0 radical (unpaired) electrons. The van der Waals surface area contributed by atoms with E-state index in [1.165, 1.54) is 12.1 Å². The van der Waals surface area contributed by atoms with Crippen molar-refractivity contribution in [2.45, 2.75) is 57.3 Å². The van der Waals surface area contributed by atoms with E-state index in [2.05, 4.69) is 30.9 Å². The second kappa shape index (κ2) is 16.3. The van der Waals surface area contributed by atoms with E-state index in [4.69, 9.17) is 21.1 Å². The number of ketones is 1. The monoisotopic (exact) mass is 656 g/mol. The number of benzene rings is 1. The second-order valence-electron chi connectivity index (χ2n) is 10.4. The lowest BCUT2D eigenvalue weighted by Crippen LogP contribution is -2.45. The lowest BCUT2D eigenvalue weighted by atomic mass is 9.94. The molecule has 3 atom stereocenters. The molecule has 1 aliphatic heterocycles. The summed E-state index contributed by atoms with van der Waals surface area (Å²) >= 11 is 0. The summed E-state index contributed by atoms with van der Waals surface area (Å²) < 4.78 is 0. The number of rotatable bonds is 18. The van der Waals surface area contributed by atoms with Crippen LogP contribution in [0.2, 0.25) is 0 Å². The van der Waals surface area contributed by atoms with Crippen molar-refractivity contribution >= 4 is 58.9 Å². The van der Waals surface area contributed by atoms with Gasteiger partial charge in [0.15, 0.2) is 11.8 Å². The maximum atomic E-state index is 12.7. The van der Waals surface area contributed by atoms with Crippen molar-refractivity contribution in [1.82, 2.24) is 20.6 Å². The number of aromatic nitrogens is 2. The van der Waals surface area contributed by atoms with E-state index in [0.29, 0.717) is 29.4 Å². The van der Waals surface area contributed by atoms with Gasteiger partial charge in [-0.05, 0) is 30.7 Å². The standard InChI is InChI=1S/C28H32N8O11/c29-28-32-12-20-23(36-28)31-11-16(33-20)10-30-15-3-1-13(2-4-15)24(42)34-18(26(44)45)6-5-17(37)7-14(8-21(38)39)25(43)35-19(27(46)47)9-22(40)41/h1-4,11,14,18-19,30H,5-10,12H2,(H,34,42)(H,35,43)(H,38,39)(H,40,41)(H,44,45)(H,46,47)(H3,29,31,32,36)/t14-,18+,19-/m1/s1. The number of aliphatic imine (C=N–C) groups is 1.